The van der Waals surface area contributed by atoms with E-state index in [2.05, 4.69) is 4.98 Å². The van der Waals surface area contributed by atoms with Crippen LogP contribution < -0.4 is 5.73 Å². The van der Waals surface area contributed by atoms with Crippen LogP contribution in [0.25, 0.3) is 22.6 Å². The van der Waals surface area contributed by atoms with Gasteiger partial charge in [-0.1, -0.05) is 58.5 Å². The summed E-state index contributed by atoms with van der Waals surface area (Å²) in [5.41, 5.74) is 7.39. The summed E-state index contributed by atoms with van der Waals surface area (Å²) in [5, 5.41) is 1.96. The van der Waals surface area contributed by atoms with Crippen molar-refractivity contribution in [1.82, 2.24) is 9.88 Å². The number of hydrogen-bond acceptors (Lipinski definition) is 4. The SMILES string of the molecule is NC(=O)C1(c2ccc(Cl)cc2)CCN(C(=O)c2nc(-c3ccc(Cl)cc3Cl)c(-c3ccc(Cl)cc3)o2)CC1. The Kier molecular flexibility index (Phi) is 7.43. The van der Waals surface area contributed by atoms with E-state index in [0.29, 0.717) is 68.6 Å². The average Bonchev–Trinajstić information content (AvgIpc) is 3.34. The van der Waals surface area contributed by atoms with Crippen LogP contribution in [0.4, 0.5) is 0 Å². The second-order valence-electron chi connectivity index (χ2n) is 9.07. The highest BCUT2D eigenvalue weighted by Gasteiger charge is 2.43. The molecule has 0 saturated carbocycles. The smallest absolute Gasteiger partial charge is 0.309 e. The second-order valence-corrected chi connectivity index (χ2v) is 10.8. The number of halogens is 4. The third-order valence-corrected chi connectivity index (χ3v) is 7.93. The van der Waals surface area contributed by atoms with Crippen LogP contribution in [-0.2, 0) is 10.2 Å². The fraction of sp³-hybridized carbons (Fsp3) is 0.179. The first-order valence-corrected chi connectivity index (χ1v) is 13.3. The number of benzene rings is 3. The summed E-state index contributed by atoms with van der Waals surface area (Å²) in [6.07, 6.45) is 0.715. The lowest BCUT2D eigenvalue weighted by Crippen LogP contribution is -2.51. The van der Waals surface area contributed by atoms with E-state index in [1.165, 1.54) is 0 Å². The normalized spacial score (nSPS) is 14.9. The molecule has 38 heavy (non-hydrogen) atoms. The standard InChI is InChI=1S/C28H21Cl4N3O3/c29-18-5-1-16(2-6-18)24-23(21-10-9-20(31)15-22(21)32)34-25(38-24)26(36)35-13-11-28(12-14-35,27(33)37)17-3-7-19(30)8-4-17/h1-10,15H,11-14H2,(H2,33,37). The highest BCUT2D eigenvalue weighted by molar-refractivity contribution is 6.36. The van der Waals surface area contributed by atoms with Crippen LogP contribution in [-0.4, -0.2) is 34.8 Å². The van der Waals surface area contributed by atoms with Crippen molar-refractivity contribution in [2.45, 2.75) is 18.3 Å². The molecule has 4 aromatic rings. The Morgan fingerprint density at radius 1 is 0.842 bits per heavy atom. The van der Waals surface area contributed by atoms with Gasteiger partial charge in [0.2, 0.25) is 5.91 Å². The van der Waals surface area contributed by atoms with E-state index in [-0.39, 0.29) is 5.89 Å². The molecule has 2 heterocycles. The van der Waals surface area contributed by atoms with Gasteiger partial charge in [-0.15, -0.1) is 0 Å². The third kappa shape index (κ3) is 5.02. The number of rotatable bonds is 5. The van der Waals surface area contributed by atoms with Crippen molar-refractivity contribution in [2.75, 3.05) is 13.1 Å². The lowest BCUT2D eigenvalue weighted by atomic mass is 9.72. The summed E-state index contributed by atoms with van der Waals surface area (Å²) < 4.78 is 6.05. The van der Waals surface area contributed by atoms with E-state index < -0.39 is 17.2 Å². The largest absolute Gasteiger partial charge is 0.432 e. The Labute approximate surface area is 239 Å². The zero-order chi connectivity index (χ0) is 27.0. The number of primary amides is 1. The zero-order valence-corrected chi connectivity index (χ0v) is 22.9. The number of likely N-dealkylation sites (tertiary alicyclic amines) is 1. The minimum atomic E-state index is -0.894. The lowest BCUT2D eigenvalue weighted by Gasteiger charge is -2.39. The maximum absolute atomic E-state index is 13.5. The van der Waals surface area contributed by atoms with Crippen molar-refractivity contribution in [3.8, 4) is 22.6 Å². The molecule has 194 valence electrons. The number of amides is 2. The van der Waals surface area contributed by atoms with Gasteiger partial charge in [-0.25, -0.2) is 4.98 Å². The summed E-state index contributed by atoms with van der Waals surface area (Å²) in [4.78, 5) is 32.3. The van der Waals surface area contributed by atoms with Crippen molar-refractivity contribution >= 4 is 58.2 Å². The first-order valence-electron chi connectivity index (χ1n) is 11.8. The quantitative estimate of drug-likeness (QED) is 0.265. The Morgan fingerprint density at radius 2 is 1.42 bits per heavy atom. The molecular weight excluding hydrogens is 568 g/mol. The number of carbonyl (C=O) groups excluding carboxylic acids is 2. The Morgan fingerprint density at radius 3 is 2.00 bits per heavy atom. The lowest BCUT2D eigenvalue weighted by molar-refractivity contribution is -0.125. The Hall–Kier alpha value is -3.03. The monoisotopic (exact) mass is 587 g/mol. The number of hydrogen-bond donors (Lipinski definition) is 1. The number of aromatic nitrogens is 1. The average molecular weight is 589 g/mol. The molecule has 0 aliphatic carbocycles. The van der Waals surface area contributed by atoms with E-state index >= 15 is 0 Å². The minimum Gasteiger partial charge on any atom is -0.432 e. The maximum Gasteiger partial charge on any atom is 0.309 e. The second kappa shape index (κ2) is 10.6. The van der Waals surface area contributed by atoms with Crippen molar-refractivity contribution in [2.24, 2.45) is 5.73 Å². The fourth-order valence-corrected chi connectivity index (χ4v) is 5.50. The molecule has 0 atom stereocenters. The van der Waals surface area contributed by atoms with Crippen LogP contribution in [0.3, 0.4) is 0 Å². The van der Waals surface area contributed by atoms with Gasteiger partial charge < -0.3 is 15.1 Å². The van der Waals surface area contributed by atoms with E-state index in [1.54, 1.807) is 71.6 Å². The summed E-state index contributed by atoms with van der Waals surface area (Å²) in [6, 6.07) is 19.1. The summed E-state index contributed by atoms with van der Waals surface area (Å²) >= 11 is 24.7. The highest BCUT2D eigenvalue weighted by atomic mass is 35.5. The molecule has 0 bridgehead atoms. The molecule has 0 radical (unpaired) electrons. The topological polar surface area (TPSA) is 89.4 Å². The number of nitrogens with zero attached hydrogens (tertiary/aromatic N) is 2. The summed E-state index contributed by atoms with van der Waals surface area (Å²) in [7, 11) is 0. The van der Waals surface area contributed by atoms with E-state index in [9.17, 15) is 9.59 Å². The van der Waals surface area contributed by atoms with Gasteiger partial charge in [-0.3, -0.25) is 9.59 Å². The molecular formula is C28H21Cl4N3O3. The molecule has 0 unspecified atom stereocenters. The highest BCUT2D eigenvalue weighted by Crippen LogP contribution is 2.39. The van der Waals surface area contributed by atoms with Crippen molar-refractivity contribution < 1.29 is 14.0 Å². The summed E-state index contributed by atoms with van der Waals surface area (Å²) in [5.74, 6) is -0.550. The van der Waals surface area contributed by atoms with E-state index in [4.69, 9.17) is 56.6 Å². The zero-order valence-electron chi connectivity index (χ0n) is 19.9. The first-order chi connectivity index (χ1) is 18.2. The van der Waals surface area contributed by atoms with Crippen molar-refractivity contribution in [3.05, 3.63) is 98.3 Å². The van der Waals surface area contributed by atoms with Crippen LogP contribution in [0.5, 0.6) is 0 Å². The number of oxazole rings is 1. The molecule has 10 heteroatoms. The predicted octanol–water partition coefficient (Wildman–Crippen LogP) is 7.28. The third-order valence-electron chi connectivity index (χ3n) is 6.88. The van der Waals surface area contributed by atoms with Gasteiger partial charge in [-0.2, -0.15) is 0 Å². The van der Waals surface area contributed by atoms with Crippen LogP contribution in [0.1, 0.15) is 29.1 Å². The van der Waals surface area contributed by atoms with Gasteiger partial charge in [0.25, 0.3) is 5.89 Å². The Balaban J connectivity index is 1.47. The van der Waals surface area contributed by atoms with Crippen LogP contribution >= 0.6 is 46.4 Å². The van der Waals surface area contributed by atoms with Crippen molar-refractivity contribution in [1.29, 1.82) is 0 Å². The number of nitrogens with two attached hydrogens (primary N) is 1. The molecule has 1 aliphatic rings. The maximum atomic E-state index is 13.5. The fourth-order valence-electron chi connectivity index (χ4n) is 4.75. The van der Waals surface area contributed by atoms with Crippen LogP contribution in [0.15, 0.2) is 71.1 Å². The minimum absolute atomic E-state index is 0.0889. The molecule has 1 aliphatic heterocycles. The molecule has 5 rings (SSSR count). The predicted molar refractivity (Wildman–Crippen MR) is 150 cm³/mol. The Bertz CT molecular complexity index is 1510. The molecule has 2 N–H and O–H groups in total. The van der Waals surface area contributed by atoms with Gasteiger partial charge in [0.15, 0.2) is 5.76 Å². The van der Waals surface area contributed by atoms with Crippen LogP contribution in [0.2, 0.25) is 20.1 Å². The molecule has 3 aromatic carbocycles. The van der Waals surface area contributed by atoms with Gasteiger partial charge in [-0.05, 0) is 73.0 Å². The molecule has 2 amide bonds. The first kappa shape index (κ1) is 26.6. The van der Waals surface area contributed by atoms with Crippen LogP contribution in [0, 0.1) is 0 Å². The molecule has 1 fully saturated rings. The van der Waals surface area contributed by atoms with E-state index in [0.717, 1.165) is 5.56 Å². The van der Waals surface area contributed by atoms with Gasteiger partial charge >= 0.3 is 5.91 Å². The molecule has 0 spiro atoms. The van der Waals surface area contributed by atoms with Gasteiger partial charge in [0, 0.05) is 39.3 Å². The van der Waals surface area contributed by atoms with E-state index in [1.807, 2.05) is 0 Å². The number of piperidine rings is 1. The molecule has 6 nitrogen and oxygen atoms in total. The molecule has 1 aromatic heterocycles. The van der Waals surface area contributed by atoms with Crippen molar-refractivity contribution in [3.63, 3.8) is 0 Å². The summed E-state index contributed by atoms with van der Waals surface area (Å²) in [6.45, 7) is 0.584. The van der Waals surface area contributed by atoms with Gasteiger partial charge in [0.1, 0.15) is 5.69 Å². The molecule has 1 saturated heterocycles. The number of carbonyl (C=O) groups is 2. The van der Waals surface area contributed by atoms with Gasteiger partial charge in [0.05, 0.1) is 10.4 Å².